The van der Waals surface area contributed by atoms with Gasteiger partial charge in [0.2, 0.25) is 5.43 Å². The largest absolute Gasteiger partial charge is 0.477 e. The standard InChI is InChI=1S/C19H20FN3O3S/c20-13-5-11-15(23(10-1-2-10)7-12(17(11)24)19(25)26)18-16(13)22-4-3-9(6-21)14(22)8-27-18/h5,7,9-10,14H,1-4,6,8,21H2,(H,25,26). The monoisotopic (exact) mass is 389 g/mol. The second-order valence-electron chi connectivity index (χ2n) is 7.60. The van der Waals surface area contributed by atoms with Crippen molar-refractivity contribution in [2.75, 3.05) is 23.7 Å². The van der Waals surface area contributed by atoms with E-state index in [4.69, 9.17) is 5.73 Å². The van der Waals surface area contributed by atoms with Crippen LogP contribution in [0.3, 0.4) is 0 Å². The topological polar surface area (TPSA) is 88.6 Å². The number of nitrogens with zero attached hydrogens (tertiary/aromatic N) is 2. The summed E-state index contributed by atoms with van der Waals surface area (Å²) in [7, 11) is 0. The molecule has 142 valence electrons. The average Bonchev–Trinajstić information content (AvgIpc) is 3.40. The van der Waals surface area contributed by atoms with Gasteiger partial charge in [-0.1, -0.05) is 0 Å². The van der Waals surface area contributed by atoms with Gasteiger partial charge in [-0.05, 0) is 37.8 Å². The Kier molecular flexibility index (Phi) is 3.77. The highest BCUT2D eigenvalue weighted by atomic mass is 32.2. The first kappa shape index (κ1) is 17.1. The Labute approximate surface area is 159 Å². The predicted molar refractivity (Wildman–Crippen MR) is 102 cm³/mol. The van der Waals surface area contributed by atoms with Crippen LogP contribution in [0.2, 0.25) is 0 Å². The van der Waals surface area contributed by atoms with Crippen LogP contribution in [0.5, 0.6) is 0 Å². The number of rotatable bonds is 3. The van der Waals surface area contributed by atoms with Crippen LogP contribution in [0.4, 0.5) is 10.1 Å². The maximum absolute atomic E-state index is 15.1. The molecule has 0 radical (unpaired) electrons. The third kappa shape index (κ3) is 2.42. The lowest BCUT2D eigenvalue weighted by Crippen LogP contribution is -2.40. The summed E-state index contributed by atoms with van der Waals surface area (Å²) in [6, 6.07) is 1.62. The molecule has 1 aromatic carbocycles. The summed E-state index contributed by atoms with van der Waals surface area (Å²) in [6.07, 6.45) is 4.26. The molecule has 1 saturated heterocycles. The van der Waals surface area contributed by atoms with E-state index >= 15 is 4.39 Å². The molecule has 0 bridgehead atoms. The number of carbonyl (C=O) groups is 1. The molecule has 8 heteroatoms. The van der Waals surface area contributed by atoms with Gasteiger partial charge in [-0.2, -0.15) is 0 Å². The fourth-order valence-electron chi connectivity index (χ4n) is 4.51. The van der Waals surface area contributed by atoms with Crippen molar-refractivity contribution in [3.8, 4) is 0 Å². The van der Waals surface area contributed by atoms with Crippen LogP contribution in [0.1, 0.15) is 35.7 Å². The van der Waals surface area contributed by atoms with E-state index < -0.39 is 17.2 Å². The number of benzene rings is 1. The van der Waals surface area contributed by atoms with Crippen LogP contribution in [0.25, 0.3) is 10.9 Å². The number of thioether (sulfide) groups is 1. The van der Waals surface area contributed by atoms with E-state index in [0.29, 0.717) is 23.7 Å². The van der Waals surface area contributed by atoms with Gasteiger partial charge >= 0.3 is 5.97 Å². The highest BCUT2D eigenvalue weighted by Crippen LogP contribution is 2.49. The third-order valence-electron chi connectivity index (χ3n) is 6.04. The minimum absolute atomic E-state index is 0.165. The zero-order valence-electron chi connectivity index (χ0n) is 14.7. The summed E-state index contributed by atoms with van der Waals surface area (Å²) in [5.41, 5.74) is 6.23. The molecule has 3 aliphatic rings. The van der Waals surface area contributed by atoms with Crippen LogP contribution >= 0.6 is 11.8 Å². The summed E-state index contributed by atoms with van der Waals surface area (Å²) < 4.78 is 17.0. The molecular weight excluding hydrogens is 369 g/mol. The Bertz CT molecular complexity index is 1030. The van der Waals surface area contributed by atoms with E-state index in [0.717, 1.165) is 36.5 Å². The zero-order valence-corrected chi connectivity index (χ0v) is 15.5. The first-order chi connectivity index (χ1) is 13.0. The van der Waals surface area contributed by atoms with E-state index in [1.807, 2.05) is 4.57 Å². The normalized spacial score (nSPS) is 24.1. The fraction of sp³-hybridized carbons (Fsp3) is 0.474. The smallest absolute Gasteiger partial charge is 0.341 e. The number of aromatic carboxylic acids is 1. The van der Waals surface area contributed by atoms with Gasteiger partial charge in [-0.25, -0.2) is 9.18 Å². The Morgan fingerprint density at radius 3 is 2.81 bits per heavy atom. The van der Waals surface area contributed by atoms with E-state index in [-0.39, 0.29) is 23.0 Å². The molecule has 5 rings (SSSR count). The molecule has 2 unspecified atom stereocenters. The van der Waals surface area contributed by atoms with Gasteiger partial charge in [0, 0.05) is 30.6 Å². The molecule has 0 spiro atoms. The number of fused-ring (bicyclic) bond motifs is 5. The highest BCUT2D eigenvalue weighted by Gasteiger charge is 2.41. The van der Waals surface area contributed by atoms with Crippen LogP contribution in [0.15, 0.2) is 22.0 Å². The maximum Gasteiger partial charge on any atom is 0.341 e. The van der Waals surface area contributed by atoms with Crippen molar-refractivity contribution in [3.63, 3.8) is 0 Å². The van der Waals surface area contributed by atoms with Crippen LogP contribution in [-0.2, 0) is 0 Å². The quantitative estimate of drug-likeness (QED) is 0.838. The first-order valence-electron chi connectivity index (χ1n) is 9.25. The summed E-state index contributed by atoms with van der Waals surface area (Å²) in [6.45, 7) is 1.34. The number of hydrogen-bond donors (Lipinski definition) is 2. The predicted octanol–water partition coefficient (Wildman–Crippen LogP) is 2.43. The molecular formula is C19H20FN3O3S. The van der Waals surface area contributed by atoms with Crippen molar-refractivity contribution in [1.29, 1.82) is 0 Å². The zero-order chi connectivity index (χ0) is 18.9. The molecule has 2 atom stereocenters. The lowest BCUT2D eigenvalue weighted by atomic mass is 10.0. The molecule has 2 aromatic rings. The summed E-state index contributed by atoms with van der Waals surface area (Å²) in [5, 5.41) is 9.57. The second-order valence-corrected chi connectivity index (χ2v) is 8.63. The number of hydrogen-bond acceptors (Lipinski definition) is 5. The Morgan fingerprint density at radius 2 is 2.15 bits per heavy atom. The number of carboxylic acids is 1. The highest BCUT2D eigenvalue weighted by molar-refractivity contribution is 7.99. The Morgan fingerprint density at radius 1 is 1.37 bits per heavy atom. The van der Waals surface area contributed by atoms with Crippen molar-refractivity contribution >= 4 is 34.3 Å². The summed E-state index contributed by atoms with van der Waals surface area (Å²) in [4.78, 5) is 27.1. The number of aromatic nitrogens is 1. The molecule has 2 aliphatic heterocycles. The Hall–Kier alpha value is -2.06. The summed E-state index contributed by atoms with van der Waals surface area (Å²) >= 11 is 1.57. The van der Waals surface area contributed by atoms with Gasteiger partial charge in [0.25, 0.3) is 0 Å². The van der Waals surface area contributed by atoms with Gasteiger partial charge < -0.3 is 20.3 Å². The number of carboxylic acid groups (broad SMARTS) is 1. The molecule has 1 aromatic heterocycles. The minimum Gasteiger partial charge on any atom is -0.477 e. The number of nitrogens with two attached hydrogens (primary N) is 1. The van der Waals surface area contributed by atoms with Gasteiger partial charge in [0.15, 0.2) is 0 Å². The van der Waals surface area contributed by atoms with Crippen molar-refractivity contribution < 1.29 is 14.3 Å². The van der Waals surface area contributed by atoms with Gasteiger partial charge in [-0.15, -0.1) is 11.8 Å². The first-order valence-corrected chi connectivity index (χ1v) is 10.2. The van der Waals surface area contributed by atoms with Crippen molar-refractivity contribution in [3.05, 3.63) is 33.9 Å². The molecule has 2 fully saturated rings. The van der Waals surface area contributed by atoms with Gasteiger partial charge in [-0.3, -0.25) is 4.79 Å². The number of pyridine rings is 1. The van der Waals surface area contributed by atoms with Crippen molar-refractivity contribution in [2.45, 2.75) is 36.2 Å². The molecule has 1 aliphatic carbocycles. The Balaban J connectivity index is 1.81. The average molecular weight is 389 g/mol. The second kappa shape index (κ2) is 5.97. The minimum atomic E-state index is -1.27. The van der Waals surface area contributed by atoms with Crippen molar-refractivity contribution in [2.24, 2.45) is 11.7 Å². The lowest BCUT2D eigenvalue weighted by molar-refractivity contribution is 0.0695. The van der Waals surface area contributed by atoms with Crippen LogP contribution < -0.4 is 16.1 Å². The fourth-order valence-corrected chi connectivity index (χ4v) is 6.00. The van der Waals surface area contributed by atoms with E-state index in [9.17, 15) is 14.7 Å². The molecule has 3 heterocycles. The van der Waals surface area contributed by atoms with E-state index in [2.05, 4.69) is 4.90 Å². The van der Waals surface area contributed by atoms with E-state index in [1.165, 1.54) is 12.3 Å². The van der Waals surface area contributed by atoms with Gasteiger partial charge in [0.05, 0.1) is 21.5 Å². The molecule has 0 amide bonds. The number of halogens is 1. The van der Waals surface area contributed by atoms with Gasteiger partial charge in [0.1, 0.15) is 11.4 Å². The van der Waals surface area contributed by atoms with Crippen LogP contribution in [0, 0.1) is 11.7 Å². The maximum atomic E-state index is 15.1. The molecule has 3 N–H and O–H groups in total. The third-order valence-corrected chi connectivity index (χ3v) is 7.23. The molecule has 1 saturated carbocycles. The molecule has 6 nitrogen and oxygen atoms in total. The van der Waals surface area contributed by atoms with Crippen molar-refractivity contribution in [1.82, 2.24) is 4.57 Å². The SMILES string of the molecule is NCC1CCN2c3c(F)cc4c(=O)c(C(=O)O)cn(C5CC5)c4c3SCC12. The van der Waals surface area contributed by atoms with Crippen LogP contribution in [-0.4, -0.2) is 40.5 Å². The summed E-state index contributed by atoms with van der Waals surface area (Å²) in [5.74, 6) is -0.574. The lowest BCUT2D eigenvalue weighted by Gasteiger charge is -2.36. The molecule has 27 heavy (non-hydrogen) atoms. The van der Waals surface area contributed by atoms with E-state index in [1.54, 1.807) is 11.8 Å². The number of anilines is 1.